The second kappa shape index (κ2) is 5.54. The van der Waals surface area contributed by atoms with Crippen LogP contribution in [0.2, 0.25) is 0 Å². The Balaban J connectivity index is 2.18. The van der Waals surface area contributed by atoms with Gasteiger partial charge in [0.05, 0.1) is 5.69 Å². The first-order valence-corrected chi connectivity index (χ1v) is 6.94. The van der Waals surface area contributed by atoms with E-state index < -0.39 is 0 Å². The summed E-state index contributed by atoms with van der Waals surface area (Å²) in [7, 11) is 1.62. The SMILES string of the molecule is CCC(OC)c1n[nH]c(=O)n1-c1ccc2ccccc2c1. The highest BCUT2D eigenvalue weighted by molar-refractivity contribution is 5.84. The Kier molecular flexibility index (Phi) is 3.58. The van der Waals surface area contributed by atoms with Gasteiger partial charge in [-0.2, -0.15) is 5.10 Å². The maximum atomic E-state index is 12.1. The monoisotopic (exact) mass is 283 g/mol. The van der Waals surface area contributed by atoms with Crippen molar-refractivity contribution in [2.24, 2.45) is 0 Å². The van der Waals surface area contributed by atoms with E-state index in [0.29, 0.717) is 5.82 Å². The number of nitrogens with zero attached hydrogens (tertiary/aromatic N) is 2. The number of aromatic amines is 1. The number of hydrogen-bond acceptors (Lipinski definition) is 3. The molecule has 1 N–H and O–H groups in total. The van der Waals surface area contributed by atoms with E-state index in [0.717, 1.165) is 22.9 Å². The Hall–Kier alpha value is -2.40. The molecule has 0 saturated heterocycles. The zero-order valence-corrected chi connectivity index (χ0v) is 12.0. The minimum absolute atomic E-state index is 0.213. The van der Waals surface area contributed by atoms with Crippen molar-refractivity contribution < 1.29 is 4.74 Å². The van der Waals surface area contributed by atoms with Gasteiger partial charge in [0.2, 0.25) is 0 Å². The van der Waals surface area contributed by atoms with Crippen LogP contribution in [0.4, 0.5) is 0 Å². The van der Waals surface area contributed by atoms with E-state index in [1.165, 1.54) is 0 Å². The number of benzene rings is 2. The van der Waals surface area contributed by atoms with Crippen LogP contribution in [0.5, 0.6) is 0 Å². The zero-order chi connectivity index (χ0) is 14.8. The summed E-state index contributed by atoms with van der Waals surface area (Å²) in [5.74, 6) is 0.597. The first-order valence-electron chi connectivity index (χ1n) is 6.94. The van der Waals surface area contributed by atoms with Crippen molar-refractivity contribution in [3.63, 3.8) is 0 Å². The fourth-order valence-corrected chi connectivity index (χ4v) is 2.55. The Bertz CT molecular complexity index is 816. The summed E-state index contributed by atoms with van der Waals surface area (Å²) in [6, 6.07) is 14.0. The Labute approximate surface area is 122 Å². The molecule has 1 unspecified atom stereocenters. The van der Waals surface area contributed by atoms with Crippen LogP contribution < -0.4 is 5.69 Å². The van der Waals surface area contributed by atoms with Gasteiger partial charge in [-0.3, -0.25) is 0 Å². The predicted molar refractivity (Wildman–Crippen MR) is 81.7 cm³/mol. The molecule has 0 aliphatic rings. The van der Waals surface area contributed by atoms with Crippen LogP contribution in [0.1, 0.15) is 25.3 Å². The van der Waals surface area contributed by atoms with E-state index in [4.69, 9.17) is 4.74 Å². The van der Waals surface area contributed by atoms with E-state index in [-0.39, 0.29) is 11.8 Å². The fourth-order valence-electron chi connectivity index (χ4n) is 2.55. The molecule has 5 heteroatoms. The van der Waals surface area contributed by atoms with Crippen molar-refractivity contribution in [3.05, 3.63) is 58.8 Å². The fraction of sp³-hybridized carbons (Fsp3) is 0.250. The molecule has 0 bridgehead atoms. The minimum Gasteiger partial charge on any atom is -0.373 e. The van der Waals surface area contributed by atoms with Crippen LogP contribution in [-0.2, 0) is 4.74 Å². The van der Waals surface area contributed by atoms with E-state index >= 15 is 0 Å². The Morgan fingerprint density at radius 1 is 1.24 bits per heavy atom. The molecule has 0 aliphatic heterocycles. The highest BCUT2D eigenvalue weighted by atomic mass is 16.5. The first-order chi connectivity index (χ1) is 10.2. The van der Waals surface area contributed by atoms with E-state index in [2.05, 4.69) is 10.2 Å². The van der Waals surface area contributed by atoms with Crippen molar-refractivity contribution in [3.8, 4) is 5.69 Å². The molecule has 0 fully saturated rings. The van der Waals surface area contributed by atoms with Gasteiger partial charge < -0.3 is 4.74 Å². The van der Waals surface area contributed by atoms with Gasteiger partial charge in [-0.1, -0.05) is 37.3 Å². The molecular weight excluding hydrogens is 266 g/mol. The summed E-state index contributed by atoms with van der Waals surface area (Å²) in [5, 5.41) is 8.84. The molecule has 5 nitrogen and oxygen atoms in total. The van der Waals surface area contributed by atoms with Gasteiger partial charge in [-0.05, 0) is 29.3 Å². The topological polar surface area (TPSA) is 59.9 Å². The second-order valence-corrected chi connectivity index (χ2v) is 4.89. The molecule has 1 atom stereocenters. The van der Waals surface area contributed by atoms with Gasteiger partial charge in [0.15, 0.2) is 5.82 Å². The van der Waals surface area contributed by atoms with Crippen LogP contribution in [0.3, 0.4) is 0 Å². The van der Waals surface area contributed by atoms with Crippen molar-refractivity contribution in [2.75, 3.05) is 7.11 Å². The molecule has 21 heavy (non-hydrogen) atoms. The summed E-state index contributed by atoms with van der Waals surface area (Å²) in [6.45, 7) is 2.00. The van der Waals surface area contributed by atoms with Gasteiger partial charge in [0.1, 0.15) is 6.10 Å². The summed E-state index contributed by atoms with van der Waals surface area (Å²) >= 11 is 0. The largest absolute Gasteiger partial charge is 0.373 e. The van der Waals surface area contributed by atoms with E-state index in [9.17, 15) is 4.79 Å². The van der Waals surface area contributed by atoms with Gasteiger partial charge in [-0.25, -0.2) is 14.5 Å². The summed E-state index contributed by atoms with van der Waals surface area (Å²) < 4.78 is 6.98. The maximum Gasteiger partial charge on any atom is 0.348 e. The minimum atomic E-state index is -0.254. The molecule has 3 aromatic rings. The Morgan fingerprint density at radius 2 is 2.00 bits per heavy atom. The first kappa shape index (κ1) is 13.6. The number of aromatic nitrogens is 3. The van der Waals surface area contributed by atoms with Crippen LogP contribution >= 0.6 is 0 Å². The molecule has 2 aromatic carbocycles. The average molecular weight is 283 g/mol. The lowest BCUT2D eigenvalue weighted by molar-refractivity contribution is 0.0910. The van der Waals surface area contributed by atoms with Crippen LogP contribution in [0.15, 0.2) is 47.3 Å². The number of fused-ring (bicyclic) bond motifs is 1. The summed E-state index contributed by atoms with van der Waals surface area (Å²) in [6.07, 6.45) is 0.532. The average Bonchev–Trinajstić information content (AvgIpc) is 2.90. The quantitative estimate of drug-likeness (QED) is 0.801. The summed E-state index contributed by atoms with van der Waals surface area (Å²) in [4.78, 5) is 12.1. The summed E-state index contributed by atoms with van der Waals surface area (Å²) in [5.41, 5.74) is 0.536. The zero-order valence-electron chi connectivity index (χ0n) is 12.0. The highest BCUT2D eigenvalue weighted by Gasteiger charge is 2.18. The Morgan fingerprint density at radius 3 is 2.71 bits per heavy atom. The van der Waals surface area contributed by atoms with Crippen molar-refractivity contribution in [1.29, 1.82) is 0 Å². The lowest BCUT2D eigenvalue weighted by Crippen LogP contribution is -2.19. The predicted octanol–water partition coefficient (Wildman–Crippen LogP) is 2.81. The van der Waals surface area contributed by atoms with Gasteiger partial charge in [-0.15, -0.1) is 0 Å². The molecule has 108 valence electrons. The van der Waals surface area contributed by atoms with Crippen LogP contribution in [-0.4, -0.2) is 21.9 Å². The van der Waals surface area contributed by atoms with Crippen molar-refractivity contribution in [2.45, 2.75) is 19.4 Å². The third-order valence-electron chi connectivity index (χ3n) is 3.63. The van der Waals surface area contributed by atoms with Crippen LogP contribution in [0.25, 0.3) is 16.5 Å². The van der Waals surface area contributed by atoms with Gasteiger partial charge >= 0.3 is 5.69 Å². The lowest BCUT2D eigenvalue weighted by atomic mass is 10.1. The van der Waals surface area contributed by atoms with Crippen molar-refractivity contribution in [1.82, 2.24) is 14.8 Å². The number of nitrogens with one attached hydrogen (secondary N) is 1. The molecule has 0 amide bonds. The molecule has 1 aromatic heterocycles. The highest BCUT2D eigenvalue weighted by Crippen LogP contribution is 2.22. The number of rotatable bonds is 4. The maximum absolute atomic E-state index is 12.1. The molecule has 0 spiro atoms. The second-order valence-electron chi connectivity index (χ2n) is 4.89. The lowest BCUT2D eigenvalue weighted by Gasteiger charge is -2.13. The molecule has 0 radical (unpaired) electrons. The molecule has 3 rings (SSSR count). The standard InChI is InChI=1S/C16H17N3O2/c1-3-14(21-2)15-17-18-16(20)19(15)13-9-8-11-6-4-5-7-12(11)10-13/h4-10,14H,3H2,1-2H3,(H,18,20). The number of H-pyrrole nitrogens is 1. The van der Waals surface area contributed by atoms with Crippen molar-refractivity contribution >= 4 is 10.8 Å². The number of ether oxygens (including phenoxy) is 1. The van der Waals surface area contributed by atoms with Gasteiger partial charge in [0.25, 0.3) is 0 Å². The van der Waals surface area contributed by atoms with Crippen LogP contribution in [0, 0.1) is 0 Å². The van der Waals surface area contributed by atoms with Gasteiger partial charge in [0, 0.05) is 7.11 Å². The molecular formula is C16H17N3O2. The third-order valence-corrected chi connectivity index (χ3v) is 3.63. The smallest absolute Gasteiger partial charge is 0.348 e. The third kappa shape index (κ3) is 2.36. The molecule has 1 heterocycles. The normalized spacial score (nSPS) is 12.7. The van der Waals surface area contributed by atoms with E-state index in [1.54, 1.807) is 11.7 Å². The number of methoxy groups -OCH3 is 1. The number of hydrogen-bond donors (Lipinski definition) is 1. The van der Waals surface area contributed by atoms with E-state index in [1.807, 2.05) is 49.4 Å². The molecule has 0 aliphatic carbocycles. The molecule has 0 saturated carbocycles.